The Labute approximate surface area is 256 Å². The minimum atomic E-state index is -0.617. The second kappa shape index (κ2) is 15.3. The molecule has 0 atom stereocenters. The van der Waals surface area contributed by atoms with Gasteiger partial charge in [0.2, 0.25) is 0 Å². The molecule has 0 aliphatic carbocycles. The molecule has 0 aliphatic heterocycles. The molecule has 0 heterocycles. The van der Waals surface area contributed by atoms with Gasteiger partial charge in [0, 0.05) is 31.4 Å². The van der Waals surface area contributed by atoms with E-state index >= 15 is 0 Å². The number of anilines is 1. The molecule has 0 aliphatic rings. The zero-order valence-corrected chi connectivity index (χ0v) is 24.6. The van der Waals surface area contributed by atoms with Crippen LogP contribution in [0.15, 0.2) is 120 Å². The number of carbonyl (C=O) groups is 3. The first kappa shape index (κ1) is 31.0. The Balaban J connectivity index is 1.42. The summed E-state index contributed by atoms with van der Waals surface area (Å²) in [5.74, 6) is -0.573. The predicted octanol–water partition coefficient (Wildman–Crippen LogP) is 5.30. The van der Waals surface area contributed by atoms with Gasteiger partial charge in [-0.3, -0.25) is 9.59 Å². The standard InChI is InChI=1S/C35H32N4O5/c1-39(2)29-17-12-26(13-18-29)23-32(37-34(41)28-9-5-4-6-10-28)35(42)38-36-24-27-8-7-11-31(22-27)44-33(40)21-16-25-14-19-30(43-3)20-15-25/h4-24H,1-3H3,(H,37,41)(H,38,42)/b21-16+,32-23-,36-24+. The molecule has 4 aromatic carbocycles. The Hall–Kier alpha value is -5.96. The molecule has 9 heteroatoms. The van der Waals surface area contributed by atoms with Crippen molar-refractivity contribution in [3.05, 3.63) is 137 Å². The summed E-state index contributed by atoms with van der Waals surface area (Å²) in [5, 5.41) is 6.73. The molecule has 44 heavy (non-hydrogen) atoms. The first-order chi connectivity index (χ1) is 21.3. The van der Waals surface area contributed by atoms with Gasteiger partial charge in [0.05, 0.1) is 13.3 Å². The van der Waals surface area contributed by atoms with Crippen LogP contribution in [0.25, 0.3) is 12.2 Å². The second-order valence-electron chi connectivity index (χ2n) is 9.66. The third-order valence-corrected chi connectivity index (χ3v) is 6.23. The number of rotatable bonds is 11. The third kappa shape index (κ3) is 9.28. The fourth-order valence-electron chi connectivity index (χ4n) is 3.89. The fourth-order valence-corrected chi connectivity index (χ4v) is 3.89. The van der Waals surface area contributed by atoms with Gasteiger partial charge in [-0.15, -0.1) is 0 Å². The van der Waals surface area contributed by atoms with Crippen LogP contribution in [-0.2, 0) is 9.59 Å². The smallest absolute Gasteiger partial charge is 0.336 e. The average Bonchev–Trinajstić information content (AvgIpc) is 3.04. The van der Waals surface area contributed by atoms with Crippen LogP contribution in [0.4, 0.5) is 5.69 Å². The number of methoxy groups -OCH3 is 1. The lowest BCUT2D eigenvalue weighted by molar-refractivity contribution is -0.128. The zero-order chi connectivity index (χ0) is 31.3. The summed E-state index contributed by atoms with van der Waals surface area (Å²) in [5.41, 5.74) is 5.98. The Kier molecular flexibility index (Phi) is 10.8. The number of nitrogens with zero attached hydrogens (tertiary/aromatic N) is 2. The number of hydrogen-bond acceptors (Lipinski definition) is 7. The molecule has 0 saturated carbocycles. The highest BCUT2D eigenvalue weighted by Gasteiger charge is 2.14. The van der Waals surface area contributed by atoms with Gasteiger partial charge in [-0.25, -0.2) is 10.2 Å². The first-order valence-electron chi connectivity index (χ1n) is 13.6. The van der Waals surface area contributed by atoms with Crippen molar-refractivity contribution in [1.82, 2.24) is 10.7 Å². The molecule has 4 rings (SSSR count). The van der Waals surface area contributed by atoms with Crippen LogP contribution < -0.4 is 25.1 Å². The average molecular weight is 589 g/mol. The van der Waals surface area contributed by atoms with Crippen LogP contribution in [0.1, 0.15) is 27.0 Å². The molecule has 0 saturated heterocycles. The molecule has 2 amide bonds. The molecular weight excluding hydrogens is 556 g/mol. The third-order valence-electron chi connectivity index (χ3n) is 6.23. The van der Waals surface area contributed by atoms with Gasteiger partial charge in [0.1, 0.15) is 17.2 Å². The summed E-state index contributed by atoms with van der Waals surface area (Å²) in [7, 11) is 5.45. The van der Waals surface area contributed by atoms with Gasteiger partial charge >= 0.3 is 5.97 Å². The summed E-state index contributed by atoms with van der Waals surface area (Å²) in [6.45, 7) is 0. The molecule has 0 spiro atoms. The second-order valence-corrected chi connectivity index (χ2v) is 9.66. The first-order valence-corrected chi connectivity index (χ1v) is 13.6. The number of ether oxygens (including phenoxy) is 2. The zero-order valence-electron chi connectivity index (χ0n) is 24.6. The maximum absolute atomic E-state index is 13.1. The lowest BCUT2D eigenvalue weighted by atomic mass is 10.1. The molecule has 0 aromatic heterocycles. The lowest BCUT2D eigenvalue weighted by Gasteiger charge is -2.12. The molecule has 0 unspecified atom stereocenters. The summed E-state index contributed by atoms with van der Waals surface area (Å²) in [6, 6.07) is 30.0. The summed E-state index contributed by atoms with van der Waals surface area (Å²) < 4.78 is 10.5. The van der Waals surface area contributed by atoms with E-state index in [0.717, 1.165) is 17.0 Å². The van der Waals surface area contributed by atoms with Crippen LogP contribution >= 0.6 is 0 Å². The number of hydrazone groups is 1. The number of amides is 2. The monoisotopic (exact) mass is 588 g/mol. The van der Waals surface area contributed by atoms with Crippen molar-refractivity contribution in [2.24, 2.45) is 5.10 Å². The number of esters is 1. The van der Waals surface area contributed by atoms with Crippen molar-refractivity contribution < 1.29 is 23.9 Å². The van der Waals surface area contributed by atoms with Crippen molar-refractivity contribution in [3.63, 3.8) is 0 Å². The Morgan fingerprint density at radius 2 is 1.48 bits per heavy atom. The largest absolute Gasteiger partial charge is 0.497 e. The molecule has 4 aromatic rings. The van der Waals surface area contributed by atoms with Crippen molar-refractivity contribution in [2.75, 3.05) is 26.1 Å². The summed E-state index contributed by atoms with van der Waals surface area (Å²) in [4.78, 5) is 40.2. The minimum Gasteiger partial charge on any atom is -0.497 e. The lowest BCUT2D eigenvalue weighted by Crippen LogP contribution is -2.32. The summed E-state index contributed by atoms with van der Waals surface area (Å²) >= 11 is 0. The van der Waals surface area contributed by atoms with Crippen molar-refractivity contribution >= 4 is 41.8 Å². The van der Waals surface area contributed by atoms with Gasteiger partial charge in [0.15, 0.2) is 0 Å². The van der Waals surface area contributed by atoms with E-state index in [0.29, 0.717) is 22.4 Å². The van der Waals surface area contributed by atoms with Crippen LogP contribution in [0, 0.1) is 0 Å². The molecular formula is C35H32N4O5. The molecule has 222 valence electrons. The van der Waals surface area contributed by atoms with Gasteiger partial charge in [-0.05, 0) is 77.4 Å². The van der Waals surface area contributed by atoms with E-state index in [1.807, 2.05) is 55.4 Å². The van der Waals surface area contributed by atoms with Crippen LogP contribution in [0.5, 0.6) is 11.5 Å². The normalized spacial score (nSPS) is 11.3. The number of carbonyl (C=O) groups excluding carboxylic acids is 3. The van der Waals surface area contributed by atoms with Gasteiger partial charge in [-0.1, -0.05) is 54.6 Å². The molecule has 0 bridgehead atoms. The quantitative estimate of drug-likeness (QED) is 0.0809. The maximum atomic E-state index is 13.1. The molecule has 2 N–H and O–H groups in total. The van der Waals surface area contributed by atoms with Crippen molar-refractivity contribution in [2.45, 2.75) is 0 Å². The van der Waals surface area contributed by atoms with E-state index in [4.69, 9.17) is 9.47 Å². The SMILES string of the molecule is COc1ccc(/C=C/C(=O)Oc2cccc(/C=N/NC(=O)/C(=C/c3ccc(N(C)C)cc3)NC(=O)c3ccccc3)c2)cc1. The summed E-state index contributed by atoms with van der Waals surface area (Å²) in [6.07, 6.45) is 5.95. The van der Waals surface area contributed by atoms with Crippen molar-refractivity contribution in [3.8, 4) is 11.5 Å². The Morgan fingerprint density at radius 3 is 2.16 bits per heavy atom. The van der Waals surface area contributed by atoms with Crippen LogP contribution in [0.3, 0.4) is 0 Å². The molecule has 0 radical (unpaired) electrons. The van der Waals surface area contributed by atoms with E-state index in [1.165, 1.54) is 12.3 Å². The predicted molar refractivity (Wildman–Crippen MR) is 172 cm³/mol. The van der Waals surface area contributed by atoms with Gasteiger partial charge in [-0.2, -0.15) is 5.10 Å². The van der Waals surface area contributed by atoms with Crippen molar-refractivity contribution in [1.29, 1.82) is 0 Å². The minimum absolute atomic E-state index is 0.0138. The number of nitrogens with one attached hydrogen (secondary N) is 2. The number of hydrogen-bond donors (Lipinski definition) is 2. The fraction of sp³-hybridized carbons (Fsp3) is 0.0857. The van der Waals surface area contributed by atoms with Gasteiger partial charge < -0.3 is 19.7 Å². The van der Waals surface area contributed by atoms with E-state index in [2.05, 4.69) is 15.8 Å². The highest BCUT2D eigenvalue weighted by molar-refractivity contribution is 6.05. The maximum Gasteiger partial charge on any atom is 0.336 e. The Morgan fingerprint density at radius 1 is 0.773 bits per heavy atom. The molecule has 0 fully saturated rings. The molecule has 9 nitrogen and oxygen atoms in total. The highest BCUT2D eigenvalue weighted by Crippen LogP contribution is 2.16. The van der Waals surface area contributed by atoms with Gasteiger partial charge in [0.25, 0.3) is 11.8 Å². The topological polar surface area (TPSA) is 109 Å². The van der Waals surface area contributed by atoms with E-state index < -0.39 is 17.8 Å². The van der Waals surface area contributed by atoms with E-state index in [9.17, 15) is 14.4 Å². The highest BCUT2D eigenvalue weighted by atomic mass is 16.5. The number of benzene rings is 4. The van der Waals surface area contributed by atoms with E-state index in [1.54, 1.807) is 86.0 Å². The van der Waals surface area contributed by atoms with E-state index in [-0.39, 0.29) is 5.70 Å². The Bertz CT molecular complexity index is 1680. The van der Waals surface area contributed by atoms with Crippen LogP contribution in [-0.4, -0.2) is 45.2 Å². The van der Waals surface area contributed by atoms with Crippen LogP contribution in [0.2, 0.25) is 0 Å².